The molecule has 0 saturated carbocycles. The molecular weight excluding hydrogens is 374 g/mol. The Kier molecular flexibility index (Phi) is 2.55. The molecule has 0 aliphatic rings. The summed E-state index contributed by atoms with van der Waals surface area (Å²) >= 11 is 4.74. The van der Waals surface area contributed by atoms with Crippen LogP contribution in [0, 0.1) is 7.14 Å². The summed E-state index contributed by atoms with van der Waals surface area (Å²) in [6, 6.07) is 12.8. The SMILES string of the molecule is Ic1cccc2c(I)cccc12. The molecule has 2 rings (SSSR count). The quantitative estimate of drug-likeness (QED) is 0.606. The van der Waals surface area contributed by atoms with E-state index in [1.807, 2.05) is 0 Å². The first-order valence-corrected chi connectivity index (χ1v) is 5.77. The van der Waals surface area contributed by atoms with Gasteiger partial charge in [-0.2, -0.15) is 0 Å². The molecule has 2 heteroatoms. The van der Waals surface area contributed by atoms with Crippen molar-refractivity contribution in [1.29, 1.82) is 0 Å². The number of rotatable bonds is 0. The molecule has 0 fully saturated rings. The summed E-state index contributed by atoms with van der Waals surface area (Å²) in [5.74, 6) is 0. The highest BCUT2D eigenvalue weighted by Crippen LogP contribution is 2.24. The van der Waals surface area contributed by atoms with Crippen molar-refractivity contribution in [2.75, 3.05) is 0 Å². The second-order valence-corrected chi connectivity index (χ2v) is 4.90. The van der Waals surface area contributed by atoms with Gasteiger partial charge in [0, 0.05) is 7.14 Å². The first kappa shape index (κ1) is 8.74. The van der Waals surface area contributed by atoms with Crippen LogP contribution in [0.25, 0.3) is 10.8 Å². The van der Waals surface area contributed by atoms with Crippen LogP contribution in [0.2, 0.25) is 0 Å². The van der Waals surface area contributed by atoms with Crippen LogP contribution >= 0.6 is 45.2 Å². The van der Waals surface area contributed by atoms with E-state index in [1.165, 1.54) is 17.9 Å². The lowest BCUT2D eigenvalue weighted by Crippen LogP contribution is -1.79. The molecule has 0 bridgehead atoms. The Hall–Kier alpha value is 0.160. The zero-order valence-electron chi connectivity index (χ0n) is 6.22. The number of fused-ring (bicyclic) bond motifs is 1. The third kappa shape index (κ3) is 1.46. The van der Waals surface area contributed by atoms with E-state index in [-0.39, 0.29) is 0 Å². The predicted molar refractivity (Wildman–Crippen MR) is 69.4 cm³/mol. The van der Waals surface area contributed by atoms with Crippen molar-refractivity contribution >= 4 is 56.0 Å². The highest BCUT2D eigenvalue weighted by Gasteiger charge is 1.99. The summed E-state index contributed by atoms with van der Waals surface area (Å²) in [5, 5.41) is 2.70. The smallest absolute Gasteiger partial charge is 0.0209 e. The van der Waals surface area contributed by atoms with Crippen LogP contribution in [0.3, 0.4) is 0 Å². The van der Waals surface area contributed by atoms with Crippen molar-refractivity contribution in [1.82, 2.24) is 0 Å². The average Bonchev–Trinajstić information content (AvgIpc) is 2.07. The van der Waals surface area contributed by atoms with Crippen molar-refractivity contribution in [2.45, 2.75) is 0 Å². The zero-order valence-corrected chi connectivity index (χ0v) is 10.5. The Balaban J connectivity index is 2.94. The predicted octanol–water partition coefficient (Wildman–Crippen LogP) is 4.05. The highest BCUT2D eigenvalue weighted by molar-refractivity contribution is 14.1. The van der Waals surface area contributed by atoms with Crippen LogP contribution in [-0.2, 0) is 0 Å². The van der Waals surface area contributed by atoms with E-state index in [1.54, 1.807) is 0 Å². The summed E-state index contributed by atoms with van der Waals surface area (Å²) in [6.07, 6.45) is 0. The second-order valence-electron chi connectivity index (χ2n) is 2.57. The minimum atomic E-state index is 1.32. The van der Waals surface area contributed by atoms with Crippen molar-refractivity contribution in [3.63, 3.8) is 0 Å². The molecule has 60 valence electrons. The zero-order chi connectivity index (χ0) is 8.55. The lowest BCUT2D eigenvalue weighted by molar-refractivity contribution is 1.67. The van der Waals surface area contributed by atoms with E-state index in [2.05, 4.69) is 81.6 Å². The molecule has 0 aliphatic heterocycles. The molecule has 0 nitrogen and oxygen atoms in total. The lowest BCUT2D eigenvalue weighted by Gasteiger charge is -2.01. The standard InChI is InChI=1S/C10H6I2/c11-9-5-1-3-7-8(9)4-2-6-10(7)12/h1-6H. The molecule has 0 unspecified atom stereocenters. The van der Waals surface area contributed by atoms with Gasteiger partial charge in [-0.15, -0.1) is 0 Å². The Labute approximate surface area is 98.6 Å². The van der Waals surface area contributed by atoms with E-state index < -0.39 is 0 Å². The molecule has 0 amide bonds. The van der Waals surface area contributed by atoms with Gasteiger partial charge in [0.05, 0.1) is 0 Å². The molecular formula is C10H6I2. The highest BCUT2D eigenvalue weighted by atomic mass is 127. The van der Waals surface area contributed by atoms with Crippen LogP contribution < -0.4 is 0 Å². The Morgan fingerprint density at radius 2 is 1.08 bits per heavy atom. The molecule has 0 spiro atoms. The third-order valence-electron chi connectivity index (χ3n) is 1.82. The molecule has 0 saturated heterocycles. The van der Waals surface area contributed by atoms with Gasteiger partial charge >= 0.3 is 0 Å². The molecule has 0 atom stereocenters. The summed E-state index contributed by atoms with van der Waals surface area (Å²) in [4.78, 5) is 0. The van der Waals surface area contributed by atoms with E-state index in [4.69, 9.17) is 0 Å². The molecule has 2 aromatic rings. The van der Waals surface area contributed by atoms with Crippen LogP contribution in [0.1, 0.15) is 0 Å². The first-order valence-electron chi connectivity index (χ1n) is 3.62. The molecule has 0 aromatic heterocycles. The Bertz CT molecular complexity index is 380. The average molecular weight is 380 g/mol. The summed E-state index contributed by atoms with van der Waals surface area (Å²) < 4.78 is 2.65. The van der Waals surface area contributed by atoms with Crippen molar-refractivity contribution in [3.8, 4) is 0 Å². The molecule has 2 aromatic carbocycles. The largest absolute Gasteiger partial charge is 0.0605 e. The van der Waals surface area contributed by atoms with Crippen molar-refractivity contribution in [2.24, 2.45) is 0 Å². The molecule has 12 heavy (non-hydrogen) atoms. The normalized spacial score (nSPS) is 10.5. The van der Waals surface area contributed by atoms with E-state index >= 15 is 0 Å². The van der Waals surface area contributed by atoms with Crippen LogP contribution in [-0.4, -0.2) is 0 Å². The van der Waals surface area contributed by atoms with Gasteiger partial charge in [0.1, 0.15) is 0 Å². The van der Waals surface area contributed by atoms with Crippen molar-refractivity contribution in [3.05, 3.63) is 43.5 Å². The van der Waals surface area contributed by atoms with Gasteiger partial charge in [-0.3, -0.25) is 0 Å². The second kappa shape index (κ2) is 3.49. The molecule has 0 N–H and O–H groups in total. The lowest BCUT2D eigenvalue weighted by atomic mass is 10.1. The van der Waals surface area contributed by atoms with E-state index in [0.717, 1.165) is 0 Å². The number of hydrogen-bond acceptors (Lipinski definition) is 0. The Morgan fingerprint density at radius 3 is 1.50 bits per heavy atom. The van der Waals surface area contributed by atoms with Crippen LogP contribution in [0.5, 0.6) is 0 Å². The fourth-order valence-corrected chi connectivity index (χ4v) is 2.59. The van der Waals surface area contributed by atoms with Crippen LogP contribution in [0.15, 0.2) is 36.4 Å². The van der Waals surface area contributed by atoms with E-state index in [0.29, 0.717) is 0 Å². The third-order valence-corrected chi connectivity index (χ3v) is 3.70. The minimum absolute atomic E-state index is 1.32. The maximum absolute atomic E-state index is 2.37. The molecule has 0 radical (unpaired) electrons. The minimum Gasteiger partial charge on any atom is -0.0605 e. The van der Waals surface area contributed by atoms with Gasteiger partial charge in [0.15, 0.2) is 0 Å². The maximum atomic E-state index is 2.37. The molecule has 0 heterocycles. The number of halogens is 2. The van der Waals surface area contributed by atoms with Crippen LogP contribution in [0.4, 0.5) is 0 Å². The van der Waals surface area contributed by atoms with Gasteiger partial charge in [0.25, 0.3) is 0 Å². The fraction of sp³-hybridized carbons (Fsp3) is 0. The van der Waals surface area contributed by atoms with Gasteiger partial charge in [-0.1, -0.05) is 24.3 Å². The number of hydrogen-bond donors (Lipinski definition) is 0. The first-order chi connectivity index (χ1) is 5.79. The Morgan fingerprint density at radius 1 is 0.667 bits per heavy atom. The van der Waals surface area contributed by atoms with Crippen molar-refractivity contribution < 1.29 is 0 Å². The number of benzene rings is 2. The maximum Gasteiger partial charge on any atom is 0.0209 e. The van der Waals surface area contributed by atoms with Gasteiger partial charge in [0.2, 0.25) is 0 Å². The summed E-state index contributed by atoms with van der Waals surface area (Å²) in [5.41, 5.74) is 0. The van der Waals surface area contributed by atoms with E-state index in [9.17, 15) is 0 Å². The topological polar surface area (TPSA) is 0 Å². The monoisotopic (exact) mass is 380 g/mol. The summed E-state index contributed by atoms with van der Waals surface area (Å²) in [6.45, 7) is 0. The van der Waals surface area contributed by atoms with Gasteiger partial charge < -0.3 is 0 Å². The fourth-order valence-electron chi connectivity index (χ4n) is 1.23. The van der Waals surface area contributed by atoms with Gasteiger partial charge in [-0.25, -0.2) is 0 Å². The van der Waals surface area contributed by atoms with Gasteiger partial charge in [-0.05, 0) is 68.1 Å². The molecule has 0 aliphatic carbocycles. The summed E-state index contributed by atoms with van der Waals surface area (Å²) in [7, 11) is 0.